The number of benzene rings is 1. The summed E-state index contributed by atoms with van der Waals surface area (Å²) in [6, 6.07) is 5.29. The second-order valence-corrected chi connectivity index (χ2v) is 4.46. The Balaban J connectivity index is 3.00. The van der Waals surface area contributed by atoms with Gasteiger partial charge in [-0.25, -0.2) is 0 Å². The average Bonchev–Trinajstić information content (AvgIpc) is 2.29. The highest BCUT2D eigenvalue weighted by atomic mass is 32.1. The van der Waals surface area contributed by atoms with Gasteiger partial charge in [-0.15, -0.1) is 12.6 Å². The summed E-state index contributed by atoms with van der Waals surface area (Å²) in [5.74, 6) is -0.0880. The van der Waals surface area contributed by atoms with Gasteiger partial charge in [0.2, 0.25) is 0 Å². The molecule has 0 bridgehead atoms. The summed E-state index contributed by atoms with van der Waals surface area (Å²) in [6.45, 7) is 3.65. The van der Waals surface area contributed by atoms with Gasteiger partial charge in [-0.2, -0.15) is 0 Å². The molecule has 16 heavy (non-hydrogen) atoms. The molecule has 1 rings (SSSR count). The fourth-order valence-electron chi connectivity index (χ4n) is 1.35. The second-order valence-electron chi connectivity index (χ2n) is 3.95. The molecule has 0 aliphatic rings. The van der Waals surface area contributed by atoms with E-state index < -0.39 is 0 Å². The van der Waals surface area contributed by atoms with Crippen molar-refractivity contribution in [3.8, 4) is 0 Å². The van der Waals surface area contributed by atoms with Crippen molar-refractivity contribution in [1.82, 2.24) is 4.90 Å². The molecule has 0 aromatic heterocycles. The Morgan fingerprint density at radius 3 is 2.75 bits per heavy atom. The number of likely N-dealkylation sites (N-methyl/N-ethyl adjacent to an activating group) is 1. The van der Waals surface area contributed by atoms with Gasteiger partial charge >= 0.3 is 0 Å². The first-order valence-corrected chi connectivity index (χ1v) is 5.59. The minimum Gasteiger partial charge on any atom is -0.394 e. The zero-order chi connectivity index (χ0) is 12.3. The van der Waals surface area contributed by atoms with E-state index >= 15 is 0 Å². The molecule has 1 atom stereocenters. The van der Waals surface area contributed by atoms with Gasteiger partial charge in [0.25, 0.3) is 5.91 Å². The van der Waals surface area contributed by atoms with E-state index in [1.807, 2.05) is 19.1 Å². The van der Waals surface area contributed by atoms with Gasteiger partial charge in [0.05, 0.1) is 12.6 Å². The van der Waals surface area contributed by atoms with Crippen molar-refractivity contribution in [3.05, 3.63) is 29.3 Å². The number of aliphatic hydroxyl groups is 1. The lowest BCUT2D eigenvalue weighted by Crippen LogP contribution is -2.37. The quantitative estimate of drug-likeness (QED) is 0.789. The molecule has 4 heteroatoms. The predicted molar refractivity (Wildman–Crippen MR) is 67.1 cm³/mol. The van der Waals surface area contributed by atoms with E-state index in [2.05, 4.69) is 12.6 Å². The summed E-state index contributed by atoms with van der Waals surface area (Å²) >= 11 is 4.22. The molecule has 0 aliphatic heterocycles. The molecule has 0 saturated heterocycles. The maximum absolute atomic E-state index is 12.1. The topological polar surface area (TPSA) is 40.5 Å². The molecule has 0 aliphatic carbocycles. The minimum absolute atomic E-state index is 0.0398. The first-order chi connectivity index (χ1) is 7.47. The number of nitrogens with zero attached hydrogens (tertiary/aromatic N) is 1. The zero-order valence-corrected chi connectivity index (χ0v) is 10.7. The standard InChI is InChI=1S/C12H17NO2S/c1-8-4-5-10(16)6-11(8)12(15)13(3)9(2)7-14/h4-6,9,14,16H,7H2,1-3H3. The van der Waals surface area contributed by atoms with Crippen LogP contribution in [0, 0.1) is 6.92 Å². The van der Waals surface area contributed by atoms with Crippen LogP contribution in [-0.2, 0) is 0 Å². The third-order valence-corrected chi connectivity index (χ3v) is 2.98. The molecule has 0 heterocycles. The molecule has 0 fully saturated rings. The van der Waals surface area contributed by atoms with Crippen LogP contribution in [0.15, 0.2) is 23.1 Å². The summed E-state index contributed by atoms with van der Waals surface area (Å²) in [4.78, 5) is 14.4. The predicted octanol–water partition coefficient (Wildman–Crippen LogP) is 1.74. The monoisotopic (exact) mass is 239 g/mol. The average molecular weight is 239 g/mol. The van der Waals surface area contributed by atoms with Crippen molar-refractivity contribution < 1.29 is 9.90 Å². The number of carbonyl (C=O) groups is 1. The van der Waals surface area contributed by atoms with Crippen molar-refractivity contribution in [2.45, 2.75) is 24.8 Å². The van der Waals surface area contributed by atoms with E-state index in [1.165, 1.54) is 4.90 Å². The lowest BCUT2D eigenvalue weighted by atomic mass is 10.1. The highest BCUT2D eigenvalue weighted by molar-refractivity contribution is 7.80. The highest BCUT2D eigenvalue weighted by Gasteiger charge is 2.18. The van der Waals surface area contributed by atoms with E-state index in [0.717, 1.165) is 10.5 Å². The van der Waals surface area contributed by atoms with Gasteiger partial charge in [-0.3, -0.25) is 4.79 Å². The van der Waals surface area contributed by atoms with Gasteiger partial charge < -0.3 is 10.0 Å². The van der Waals surface area contributed by atoms with Crippen LogP contribution in [0.25, 0.3) is 0 Å². The second kappa shape index (κ2) is 5.37. The molecule has 1 unspecified atom stereocenters. The minimum atomic E-state index is -0.185. The summed E-state index contributed by atoms with van der Waals surface area (Å²) in [7, 11) is 1.69. The van der Waals surface area contributed by atoms with E-state index in [0.29, 0.717) is 5.56 Å². The fraction of sp³-hybridized carbons (Fsp3) is 0.417. The van der Waals surface area contributed by atoms with Crippen molar-refractivity contribution >= 4 is 18.5 Å². The van der Waals surface area contributed by atoms with Crippen LogP contribution in [0.1, 0.15) is 22.8 Å². The Bertz CT molecular complexity index is 393. The zero-order valence-electron chi connectivity index (χ0n) is 9.77. The van der Waals surface area contributed by atoms with Crippen LogP contribution in [0.2, 0.25) is 0 Å². The normalized spacial score (nSPS) is 12.3. The summed E-state index contributed by atoms with van der Waals surface area (Å²) < 4.78 is 0. The van der Waals surface area contributed by atoms with Gasteiger partial charge in [0.15, 0.2) is 0 Å². The van der Waals surface area contributed by atoms with E-state index in [4.69, 9.17) is 5.11 Å². The van der Waals surface area contributed by atoms with Crippen molar-refractivity contribution in [2.75, 3.05) is 13.7 Å². The maximum Gasteiger partial charge on any atom is 0.254 e. The van der Waals surface area contributed by atoms with Gasteiger partial charge in [0.1, 0.15) is 0 Å². The molecule has 1 amide bonds. The summed E-state index contributed by atoms with van der Waals surface area (Å²) in [5, 5.41) is 9.02. The van der Waals surface area contributed by atoms with E-state index in [9.17, 15) is 4.79 Å². The lowest BCUT2D eigenvalue weighted by Gasteiger charge is -2.24. The summed E-state index contributed by atoms with van der Waals surface area (Å²) in [5.41, 5.74) is 1.55. The molecule has 0 spiro atoms. The number of rotatable bonds is 3. The Morgan fingerprint density at radius 2 is 2.19 bits per heavy atom. The maximum atomic E-state index is 12.1. The van der Waals surface area contributed by atoms with Crippen LogP contribution in [0.5, 0.6) is 0 Å². The van der Waals surface area contributed by atoms with Gasteiger partial charge in [0, 0.05) is 17.5 Å². The first kappa shape index (κ1) is 13.1. The molecule has 1 aromatic carbocycles. The lowest BCUT2D eigenvalue weighted by molar-refractivity contribution is 0.0681. The first-order valence-electron chi connectivity index (χ1n) is 5.15. The van der Waals surface area contributed by atoms with Crippen molar-refractivity contribution in [2.24, 2.45) is 0 Å². The smallest absolute Gasteiger partial charge is 0.254 e. The summed E-state index contributed by atoms with van der Waals surface area (Å²) in [6.07, 6.45) is 0. The molecular formula is C12H17NO2S. The van der Waals surface area contributed by atoms with Crippen molar-refractivity contribution in [3.63, 3.8) is 0 Å². The SMILES string of the molecule is Cc1ccc(S)cc1C(=O)N(C)C(C)CO. The number of hydrogen-bond acceptors (Lipinski definition) is 3. The number of thiol groups is 1. The molecule has 1 aromatic rings. The van der Waals surface area contributed by atoms with Crippen LogP contribution < -0.4 is 0 Å². The molecule has 0 saturated carbocycles. The Labute approximate surface area is 101 Å². The third-order valence-electron chi connectivity index (χ3n) is 2.70. The number of aliphatic hydroxyl groups excluding tert-OH is 1. The third kappa shape index (κ3) is 2.77. The Morgan fingerprint density at radius 1 is 1.56 bits per heavy atom. The Hall–Kier alpha value is -1.00. The highest BCUT2D eigenvalue weighted by Crippen LogP contribution is 2.16. The van der Waals surface area contributed by atoms with Crippen molar-refractivity contribution in [1.29, 1.82) is 0 Å². The number of carbonyl (C=O) groups excluding carboxylic acids is 1. The molecule has 88 valence electrons. The van der Waals surface area contributed by atoms with Gasteiger partial charge in [-0.1, -0.05) is 6.07 Å². The fourth-order valence-corrected chi connectivity index (χ4v) is 1.56. The Kier molecular flexibility index (Phi) is 4.38. The van der Waals surface area contributed by atoms with Crippen LogP contribution in [-0.4, -0.2) is 35.6 Å². The molecule has 3 nitrogen and oxygen atoms in total. The van der Waals surface area contributed by atoms with Crippen LogP contribution in [0.3, 0.4) is 0 Å². The van der Waals surface area contributed by atoms with Gasteiger partial charge in [-0.05, 0) is 31.5 Å². The number of aryl methyl sites for hydroxylation is 1. The van der Waals surface area contributed by atoms with Crippen LogP contribution in [0.4, 0.5) is 0 Å². The number of amides is 1. The number of hydrogen-bond donors (Lipinski definition) is 2. The van der Waals surface area contributed by atoms with E-state index in [-0.39, 0.29) is 18.6 Å². The van der Waals surface area contributed by atoms with E-state index in [1.54, 1.807) is 20.0 Å². The van der Waals surface area contributed by atoms with Crippen LogP contribution >= 0.6 is 12.6 Å². The molecular weight excluding hydrogens is 222 g/mol. The molecule has 1 N–H and O–H groups in total. The largest absolute Gasteiger partial charge is 0.394 e. The molecule has 0 radical (unpaired) electrons.